The fourth-order valence-electron chi connectivity index (χ4n) is 4.66. The second kappa shape index (κ2) is 8.20. The van der Waals surface area contributed by atoms with Gasteiger partial charge >= 0.3 is 5.69 Å². The molecular formula is C21H26FN5O3. The first-order valence-electron chi connectivity index (χ1n) is 10.3. The fraction of sp³-hybridized carbons (Fsp3) is 0.571. The maximum Gasteiger partial charge on any atom is 0.329 e. The zero-order valence-electron chi connectivity index (χ0n) is 17.2. The Bertz CT molecular complexity index is 1110. The number of hydrogen-bond acceptors (Lipinski definition) is 6. The number of halogens is 1. The molecule has 2 N–H and O–H groups in total. The summed E-state index contributed by atoms with van der Waals surface area (Å²) in [7, 11) is 3.31. The lowest BCUT2D eigenvalue weighted by Gasteiger charge is -2.34. The van der Waals surface area contributed by atoms with Gasteiger partial charge in [0.05, 0.1) is 18.6 Å². The molecule has 2 fully saturated rings. The fourth-order valence-corrected chi connectivity index (χ4v) is 4.66. The maximum atomic E-state index is 15.5. The van der Waals surface area contributed by atoms with Crippen molar-refractivity contribution in [2.24, 2.45) is 5.92 Å². The van der Waals surface area contributed by atoms with Crippen LogP contribution in [0, 0.1) is 23.1 Å². The predicted octanol–water partition coefficient (Wildman–Crippen LogP) is 1.67. The van der Waals surface area contributed by atoms with Gasteiger partial charge in [0, 0.05) is 30.6 Å². The topological polar surface area (TPSA) is 103 Å². The molecule has 1 aromatic carbocycles. The van der Waals surface area contributed by atoms with Crippen molar-refractivity contribution in [1.82, 2.24) is 19.8 Å². The quantitative estimate of drug-likeness (QED) is 0.713. The Morgan fingerprint density at radius 1 is 1.40 bits per heavy atom. The summed E-state index contributed by atoms with van der Waals surface area (Å²) in [5, 5.41) is 12.5. The number of H-pyrrole nitrogens is 1. The van der Waals surface area contributed by atoms with Crippen LogP contribution < -0.4 is 21.3 Å². The molecule has 2 aromatic rings. The lowest BCUT2D eigenvalue weighted by atomic mass is 9.89. The van der Waals surface area contributed by atoms with Crippen LogP contribution in [0.3, 0.4) is 0 Å². The molecule has 2 aliphatic rings. The van der Waals surface area contributed by atoms with Gasteiger partial charge in [-0.05, 0) is 51.4 Å². The van der Waals surface area contributed by atoms with Gasteiger partial charge in [-0.2, -0.15) is 5.26 Å². The Morgan fingerprint density at radius 2 is 2.17 bits per heavy atom. The summed E-state index contributed by atoms with van der Waals surface area (Å²) in [6.07, 6.45) is 2.83. The molecule has 1 aliphatic carbocycles. The number of aromatic nitrogens is 2. The third-order valence-corrected chi connectivity index (χ3v) is 6.18. The van der Waals surface area contributed by atoms with Crippen LogP contribution in [0.4, 0.5) is 4.39 Å². The number of fused-ring (bicyclic) bond motifs is 1. The molecule has 160 valence electrons. The zero-order chi connectivity index (χ0) is 21.4. The van der Waals surface area contributed by atoms with Crippen molar-refractivity contribution in [2.45, 2.75) is 37.8 Å². The zero-order valence-corrected chi connectivity index (χ0v) is 17.2. The Hall–Kier alpha value is -2.70. The van der Waals surface area contributed by atoms with Gasteiger partial charge < -0.3 is 10.1 Å². The van der Waals surface area contributed by atoms with E-state index in [2.05, 4.69) is 16.4 Å². The Morgan fingerprint density at radius 3 is 2.77 bits per heavy atom. The third kappa shape index (κ3) is 3.50. The van der Waals surface area contributed by atoms with Crippen LogP contribution >= 0.6 is 0 Å². The summed E-state index contributed by atoms with van der Waals surface area (Å²) in [6.45, 7) is 2.02. The van der Waals surface area contributed by atoms with Crippen molar-refractivity contribution in [3.8, 4) is 11.8 Å². The summed E-state index contributed by atoms with van der Waals surface area (Å²) in [5.41, 5.74) is -0.413. The summed E-state index contributed by atoms with van der Waals surface area (Å²) in [5.74, 6) is -0.190. The van der Waals surface area contributed by atoms with Gasteiger partial charge in [-0.3, -0.25) is 19.2 Å². The van der Waals surface area contributed by atoms with Crippen LogP contribution in [-0.4, -0.2) is 48.2 Å². The Balaban J connectivity index is 1.99. The van der Waals surface area contributed by atoms with E-state index in [1.807, 2.05) is 11.9 Å². The number of nitrogens with one attached hydrogen (secondary N) is 2. The molecule has 30 heavy (non-hydrogen) atoms. The second-order valence-corrected chi connectivity index (χ2v) is 8.15. The minimum absolute atomic E-state index is 0.0213. The standard InChI is InChI=1S/C21H26FN5O3/c1-26(9-3-7-23)17(12-6-8-24-11-12)16-15(22)10-14-18(19(16)30-2)27(13-4-5-13)21(29)25-20(14)28/h10,12-13,17,24H,3-6,8-9,11H2,1-2H3,(H,25,28,29). The molecule has 2 unspecified atom stereocenters. The van der Waals surface area contributed by atoms with E-state index in [0.717, 1.165) is 25.8 Å². The van der Waals surface area contributed by atoms with Gasteiger partial charge in [-0.1, -0.05) is 0 Å². The van der Waals surface area contributed by atoms with E-state index in [1.165, 1.54) is 17.7 Å². The Kier molecular flexibility index (Phi) is 5.62. The first-order chi connectivity index (χ1) is 14.5. The van der Waals surface area contributed by atoms with Gasteiger partial charge in [-0.15, -0.1) is 0 Å². The third-order valence-electron chi connectivity index (χ3n) is 6.18. The molecule has 2 atom stereocenters. The number of nitriles is 1. The van der Waals surface area contributed by atoms with Crippen LogP contribution in [0.5, 0.6) is 5.75 Å². The number of nitrogens with zero attached hydrogens (tertiary/aromatic N) is 3. The first kappa shape index (κ1) is 20.6. The van der Waals surface area contributed by atoms with Crippen molar-refractivity contribution < 1.29 is 9.13 Å². The second-order valence-electron chi connectivity index (χ2n) is 8.15. The van der Waals surface area contributed by atoms with Crippen molar-refractivity contribution in [2.75, 3.05) is 33.8 Å². The summed E-state index contributed by atoms with van der Waals surface area (Å²) in [6, 6.07) is 2.99. The highest BCUT2D eigenvalue weighted by Crippen LogP contribution is 2.44. The van der Waals surface area contributed by atoms with E-state index in [-0.39, 0.29) is 29.1 Å². The van der Waals surface area contributed by atoms with E-state index in [1.54, 1.807) is 0 Å². The minimum atomic E-state index is -0.618. The highest BCUT2D eigenvalue weighted by Gasteiger charge is 2.36. The molecule has 1 aromatic heterocycles. The van der Waals surface area contributed by atoms with Crippen LogP contribution in [-0.2, 0) is 0 Å². The van der Waals surface area contributed by atoms with Gasteiger partial charge in [0.2, 0.25) is 0 Å². The lowest BCUT2D eigenvalue weighted by Crippen LogP contribution is -2.35. The molecule has 1 saturated heterocycles. The van der Waals surface area contributed by atoms with E-state index in [4.69, 9.17) is 10.00 Å². The number of hydrogen-bond donors (Lipinski definition) is 2. The predicted molar refractivity (Wildman–Crippen MR) is 110 cm³/mol. The highest BCUT2D eigenvalue weighted by molar-refractivity contribution is 5.86. The maximum absolute atomic E-state index is 15.5. The molecule has 0 amide bonds. The lowest BCUT2D eigenvalue weighted by molar-refractivity contribution is 0.179. The average Bonchev–Trinajstić information content (AvgIpc) is 3.41. The molecule has 1 aliphatic heterocycles. The number of benzene rings is 1. The van der Waals surface area contributed by atoms with Crippen molar-refractivity contribution >= 4 is 10.9 Å². The summed E-state index contributed by atoms with van der Waals surface area (Å²) in [4.78, 5) is 29.4. The molecule has 4 rings (SSSR count). The average molecular weight is 415 g/mol. The van der Waals surface area contributed by atoms with E-state index < -0.39 is 17.1 Å². The monoisotopic (exact) mass is 415 g/mol. The van der Waals surface area contributed by atoms with Crippen molar-refractivity contribution in [3.05, 3.63) is 38.3 Å². The number of rotatable bonds is 7. The minimum Gasteiger partial charge on any atom is -0.494 e. The Labute approximate surface area is 173 Å². The number of ether oxygens (including phenoxy) is 1. The van der Waals surface area contributed by atoms with Gasteiger partial charge in [-0.25, -0.2) is 9.18 Å². The molecule has 0 bridgehead atoms. The largest absolute Gasteiger partial charge is 0.494 e. The van der Waals surface area contributed by atoms with Crippen LogP contribution in [0.1, 0.15) is 43.3 Å². The normalized spacial score (nSPS) is 19.9. The molecule has 8 nitrogen and oxygen atoms in total. The van der Waals surface area contributed by atoms with Crippen molar-refractivity contribution in [3.63, 3.8) is 0 Å². The van der Waals surface area contributed by atoms with Crippen LogP contribution in [0.15, 0.2) is 15.7 Å². The summed E-state index contributed by atoms with van der Waals surface area (Å²) >= 11 is 0. The smallest absolute Gasteiger partial charge is 0.329 e. The van der Waals surface area contributed by atoms with Gasteiger partial charge in [0.1, 0.15) is 11.3 Å². The first-order valence-corrected chi connectivity index (χ1v) is 10.3. The molecule has 2 heterocycles. The number of aromatic amines is 1. The van der Waals surface area contributed by atoms with Gasteiger partial charge in [0.15, 0.2) is 5.75 Å². The van der Waals surface area contributed by atoms with Crippen LogP contribution in [0.2, 0.25) is 0 Å². The van der Waals surface area contributed by atoms with E-state index in [0.29, 0.717) is 30.6 Å². The molecule has 0 spiro atoms. The van der Waals surface area contributed by atoms with Gasteiger partial charge in [0.25, 0.3) is 5.56 Å². The van der Waals surface area contributed by atoms with Crippen molar-refractivity contribution in [1.29, 1.82) is 5.26 Å². The summed E-state index contributed by atoms with van der Waals surface area (Å²) < 4.78 is 22.8. The van der Waals surface area contributed by atoms with Crippen LogP contribution in [0.25, 0.3) is 10.9 Å². The molecule has 9 heteroatoms. The molecular weight excluding hydrogens is 389 g/mol. The number of methoxy groups -OCH3 is 1. The van der Waals surface area contributed by atoms with E-state index >= 15 is 4.39 Å². The van der Waals surface area contributed by atoms with E-state index in [9.17, 15) is 9.59 Å². The molecule has 1 saturated carbocycles. The molecule has 0 radical (unpaired) electrons. The SMILES string of the molecule is COc1c(C(C2CCNC2)N(C)CCC#N)c(F)cc2c(=O)[nH]c(=O)n(C3CC3)c12. The highest BCUT2D eigenvalue weighted by atomic mass is 19.1.